The van der Waals surface area contributed by atoms with Gasteiger partial charge < -0.3 is 9.84 Å². The Bertz CT molecular complexity index is 622. The Labute approximate surface area is 128 Å². The number of nitrogens with zero attached hydrogens (tertiary/aromatic N) is 1. The van der Waals surface area contributed by atoms with Crippen molar-refractivity contribution in [2.75, 3.05) is 6.61 Å². The molecule has 1 aromatic carbocycles. The van der Waals surface area contributed by atoms with E-state index in [4.69, 9.17) is 9.84 Å². The van der Waals surface area contributed by atoms with Crippen molar-refractivity contribution in [1.82, 2.24) is 4.98 Å². The molecule has 0 saturated carbocycles. The highest BCUT2D eigenvalue weighted by Crippen LogP contribution is 2.20. The van der Waals surface area contributed by atoms with Crippen LogP contribution < -0.4 is 4.74 Å². The van der Waals surface area contributed by atoms with Gasteiger partial charge in [-0.15, -0.1) is 11.3 Å². The summed E-state index contributed by atoms with van der Waals surface area (Å²) in [5, 5.41) is 9.88. The van der Waals surface area contributed by atoms with Crippen LogP contribution in [0.3, 0.4) is 0 Å². The molecule has 0 amide bonds. The van der Waals surface area contributed by atoms with E-state index in [1.165, 1.54) is 4.88 Å². The second-order valence-electron chi connectivity index (χ2n) is 4.77. The lowest BCUT2D eigenvalue weighted by Crippen LogP contribution is -2.04. The van der Waals surface area contributed by atoms with Crippen LogP contribution in [0.5, 0.6) is 5.75 Å². The lowest BCUT2D eigenvalue weighted by atomic mass is 10.1. The minimum absolute atomic E-state index is 0.0163. The van der Waals surface area contributed by atoms with E-state index in [1.54, 1.807) is 23.5 Å². The van der Waals surface area contributed by atoms with Crippen molar-refractivity contribution < 1.29 is 14.6 Å². The van der Waals surface area contributed by atoms with Gasteiger partial charge in [0.05, 0.1) is 23.7 Å². The lowest BCUT2D eigenvalue weighted by Gasteiger charge is -2.07. The molecule has 0 bridgehead atoms. The molecule has 0 aliphatic rings. The van der Waals surface area contributed by atoms with E-state index >= 15 is 0 Å². The zero-order valence-corrected chi connectivity index (χ0v) is 13.1. The minimum atomic E-state index is -0.835. The van der Waals surface area contributed by atoms with Crippen LogP contribution in [0.1, 0.15) is 28.1 Å². The molecule has 2 rings (SSSR count). The van der Waals surface area contributed by atoms with E-state index in [9.17, 15) is 4.79 Å². The van der Waals surface area contributed by atoms with Crippen LogP contribution in [-0.2, 0) is 24.1 Å². The molecule has 0 spiro atoms. The molecular weight excluding hydrogens is 286 g/mol. The quantitative estimate of drug-likeness (QED) is 0.853. The molecule has 21 heavy (non-hydrogen) atoms. The molecule has 0 aliphatic heterocycles. The largest absolute Gasteiger partial charge is 0.493 e. The van der Waals surface area contributed by atoms with Crippen LogP contribution in [0.2, 0.25) is 0 Å². The van der Waals surface area contributed by atoms with E-state index < -0.39 is 5.97 Å². The standard InChI is InChI=1S/C16H19NO3S/c1-3-15-14(17-11(2)21-15)7-8-20-13-6-4-5-12(9-13)10-16(18)19/h4-6,9H,3,7-8,10H2,1-2H3,(H,18,19). The predicted molar refractivity (Wildman–Crippen MR) is 83.2 cm³/mol. The molecule has 1 heterocycles. The van der Waals surface area contributed by atoms with E-state index in [1.807, 2.05) is 19.1 Å². The second-order valence-corrected chi connectivity index (χ2v) is 6.06. The van der Waals surface area contributed by atoms with Crippen LogP contribution in [0.25, 0.3) is 0 Å². The van der Waals surface area contributed by atoms with Gasteiger partial charge in [0.2, 0.25) is 0 Å². The second kappa shape index (κ2) is 7.22. The summed E-state index contributed by atoms with van der Waals surface area (Å²) in [6.07, 6.45) is 1.79. The van der Waals surface area contributed by atoms with Gasteiger partial charge in [-0.3, -0.25) is 4.79 Å². The third-order valence-electron chi connectivity index (χ3n) is 3.07. The minimum Gasteiger partial charge on any atom is -0.493 e. The van der Waals surface area contributed by atoms with Crippen molar-refractivity contribution in [1.29, 1.82) is 0 Å². The van der Waals surface area contributed by atoms with Crippen molar-refractivity contribution in [2.24, 2.45) is 0 Å². The fourth-order valence-electron chi connectivity index (χ4n) is 2.17. The number of hydrogen-bond acceptors (Lipinski definition) is 4. The molecule has 1 N–H and O–H groups in total. The molecule has 0 atom stereocenters. The number of carboxylic acids is 1. The summed E-state index contributed by atoms with van der Waals surface area (Å²) >= 11 is 1.74. The number of thiazole rings is 1. The summed E-state index contributed by atoms with van der Waals surface area (Å²) in [4.78, 5) is 16.5. The number of hydrogen-bond donors (Lipinski definition) is 1. The molecule has 0 radical (unpaired) electrons. The van der Waals surface area contributed by atoms with Gasteiger partial charge in [-0.25, -0.2) is 4.98 Å². The van der Waals surface area contributed by atoms with Crippen LogP contribution in [0.4, 0.5) is 0 Å². The van der Waals surface area contributed by atoms with Crippen molar-refractivity contribution in [3.63, 3.8) is 0 Å². The first-order chi connectivity index (χ1) is 10.1. The smallest absolute Gasteiger partial charge is 0.307 e. The highest BCUT2D eigenvalue weighted by Gasteiger charge is 2.08. The van der Waals surface area contributed by atoms with Gasteiger partial charge in [0, 0.05) is 11.3 Å². The Morgan fingerprint density at radius 2 is 2.24 bits per heavy atom. The summed E-state index contributed by atoms with van der Waals surface area (Å²) in [5.74, 6) is -0.128. The van der Waals surface area contributed by atoms with E-state index in [0.717, 1.165) is 29.1 Å². The zero-order valence-electron chi connectivity index (χ0n) is 12.3. The maximum absolute atomic E-state index is 10.7. The Hall–Kier alpha value is -1.88. The summed E-state index contributed by atoms with van der Waals surface area (Å²) in [6.45, 7) is 4.70. The maximum atomic E-state index is 10.7. The van der Waals surface area contributed by atoms with Gasteiger partial charge in [0.15, 0.2) is 0 Å². The zero-order chi connectivity index (χ0) is 15.2. The fourth-order valence-corrected chi connectivity index (χ4v) is 3.09. The predicted octanol–water partition coefficient (Wildman–Crippen LogP) is 3.26. The number of aliphatic carboxylic acids is 1. The topological polar surface area (TPSA) is 59.4 Å². The molecule has 112 valence electrons. The first-order valence-electron chi connectivity index (χ1n) is 6.97. The van der Waals surface area contributed by atoms with Crippen molar-refractivity contribution in [2.45, 2.75) is 33.1 Å². The molecule has 0 unspecified atom stereocenters. The van der Waals surface area contributed by atoms with E-state index in [2.05, 4.69) is 11.9 Å². The Morgan fingerprint density at radius 3 is 2.95 bits per heavy atom. The normalized spacial score (nSPS) is 10.6. The average molecular weight is 305 g/mol. The van der Waals surface area contributed by atoms with Crippen LogP contribution in [0.15, 0.2) is 24.3 Å². The molecule has 2 aromatic rings. The van der Waals surface area contributed by atoms with Crippen molar-refractivity contribution >= 4 is 17.3 Å². The third kappa shape index (κ3) is 4.56. The Morgan fingerprint density at radius 1 is 1.43 bits per heavy atom. The molecule has 5 heteroatoms. The van der Waals surface area contributed by atoms with Gasteiger partial charge in [-0.2, -0.15) is 0 Å². The van der Waals surface area contributed by atoms with Crippen LogP contribution >= 0.6 is 11.3 Å². The van der Waals surface area contributed by atoms with E-state index in [-0.39, 0.29) is 6.42 Å². The number of benzene rings is 1. The maximum Gasteiger partial charge on any atom is 0.307 e. The average Bonchev–Trinajstić information content (AvgIpc) is 2.79. The molecule has 4 nitrogen and oxygen atoms in total. The summed E-state index contributed by atoms with van der Waals surface area (Å²) < 4.78 is 5.71. The molecule has 1 aromatic heterocycles. The molecule has 0 saturated heterocycles. The Kier molecular flexibility index (Phi) is 5.33. The number of aromatic nitrogens is 1. The van der Waals surface area contributed by atoms with Gasteiger partial charge in [0.1, 0.15) is 5.75 Å². The Balaban J connectivity index is 1.92. The summed E-state index contributed by atoms with van der Waals surface area (Å²) in [6, 6.07) is 7.23. The number of aryl methyl sites for hydroxylation is 2. The number of carbonyl (C=O) groups is 1. The monoisotopic (exact) mass is 305 g/mol. The summed E-state index contributed by atoms with van der Waals surface area (Å²) in [5.41, 5.74) is 1.86. The number of rotatable bonds is 7. The highest BCUT2D eigenvalue weighted by atomic mass is 32.1. The summed E-state index contributed by atoms with van der Waals surface area (Å²) in [7, 11) is 0. The fraction of sp³-hybridized carbons (Fsp3) is 0.375. The van der Waals surface area contributed by atoms with Gasteiger partial charge in [-0.05, 0) is 31.0 Å². The van der Waals surface area contributed by atoms with Crippen LogP contribution in [-0.4, -0.2) is 22.7 Å². The van der Waals surface area contributed by atoms with Gasteiger partial charge in [-0.1, -0.05) is 19.1 Å². The highest BCUT2D eigenvalue weighted by molar-refractivity contribution is 7.11. The van der Waals surface area contributed by atoms with Gasteiger partial charge in [0.25, 0.3) is 0 Å². The first kappa shape index (κ1) is 15.5. The SMILES string of the molecule is CCc1sc(C)nc1CCOc1cccc(CC(=O)O)c1. The molecular formula is C16H19NO3S. The number of ether oxygens (including phenoxy) is 1. The van der Waals surface area contributed by atoms with Crippen molar-refractivity contribution in [3.8, 4) is 5.75 Å². The van der Waals surface area contributed by atoms with Gasteiger partial charge >= 0.3 is 5.97 Å². The third-order valence-corrected chi connectivity index (χ3v) is 4.23. The lowest BCUT2D eigenvalue weighted by molar-refractivity contribution is -0.136. The van der Waals surface area contributed by atoms with Crippen molar-refractivity contribution in [3.05, 3.63) is 45.4 Å². The van der Waals surface area contributed by atoms with Crippen LogP contribution in [0, 0.1) is 6.92 Å². The van der Waals surface area contributed by atoms with E-state index in [0.29, 0.717) is 12.4 Å². The first-order valence-corrected chi connectivity index (χ1v) is 7.79. The number of carboxylic acid groups (broad SMARTS) is 1. The molecule has 0 aliphatic carbocycles. The molecule has 0 fully saturated rings.